The molecule has 3 aromatic heterocycles. The molecule has 62 heavy (non-hydrogen) atoms. The van der Waals surface area contributed by atoms with Crippen LogP contribution in [0.15, 0.2) is 199 Å². The molecular weight excluding hydrogens is 775 g/mol. The van der Waals surface area contributed by atoms with Gasteiger partial charge in [-0.15, -0.1) is 11.3 Å². The molecule has 0 amide bonds. The van der Waals surface area contributed by atoms with Gasteiger partial charge in [-0.2, -0.15) is 0 Å². The van der Waals surface area contributed by atoms with E-state index in [1.54, 1.807) is 0 Å². The number of thiophene rings is 1. The Morgan fingerprint density at radius 3 is 1.63 bits per heavy atom. The molecule has 0 fully saturated rings. The molecule has 11 aromatic rings. The highest BCUT2D eigenvalue weighted by Crippen LogP contribution is 2.35. The number of para-hydroxylation sites is 1. The van der Waals surface area contributed by atoms with E-state index < -0.39 is 0 Å². The standard InChI is InChI=1S/C57H37N3OS/c1-3-12-36(13-4-1)37-24-26-38(27-25-37)40-16-9-17-41(32-40)44-29-31-52-49(35-44)54-47(21-11-23-53(54)62-52)57-59-55(39-14-5-2-6-15-39)58-56(60-57)45-19-10-18-42(33-45)43-28-30-51-48(34-43)46-20-7-8-22-50(46)61-51/h1-10,12-20,22-35H,11,21H2. The van der Waals surface area contributed by atoms with Gasteiger partial charge in [0.15, 0.2) is 17.5 Å². The maximum atomic E-state index is 6.14. The zero-order chi connectivity index (χ0) is 41.0. The van der Waals surface area contributed by atoms with Crippen LogP contribution in [0, 0.1) is 0 Å². The SMILES string of the molecule is C1=c2sc3ccc(-c4cccc(-c5ccc(-c6ccccc6)cc5)c4)cc3c2=C(c2nc(-c3ccccc3)nc(-c3cccc(-c4ccc5oc6ccccc6c5c4)c3)n2)CC1. The van der Waals surface area contributed by atoms with Crippen LogP contribution in [-0.2, 0) is 0 Å². The molecular formula is C57H37N3OS. The molecule has 0 atom stereocenters. The van der Waals surface area contributed by atoms with Gasteiger partial charge >= 0.3 is 0 Å². The Labute approximate surface area is 362 Å². The largest absolute Gasteiger partial charge is 0.456 e. The van der Waals surface area contributed by atoms with Crippen molar-refractivity contribution in [1.82, 2.24) is 15.0 Å². The van der Waals surface area contributed by atoms with Crippen molar-refractivity contribution < 1.29 is 4.42 Å². The normalized spacial score (nSPS) is 12.5. The van der Waals surface area contributed by atoms with E-state index in [0.717, 1.165) is 68.4 Å². The summed E-state index contributed by atoms with van der Waals surface area (Å²) < 4.78 is 8.68. The first-order chi connectivity index (χ1) is 30.7. The zero-order valence-corrected chi connectivity index (χ0v) is 34.4. The van der Waals surface area contributed by atoms with Crippen LogP contribution < -0.4 is 9.75 Å². The molecule has 0 aliphatic heterocycles. The van der Waals surface area contributed by atoms with Gasteiger partial charge in [0.2, 0.25) is 0 Å². The zero-order valence-electron chi connectivity index (χ0n) is 33.6. The predicted molar refractivity (Wildman–Crippen MR) is 257 cm³/mol. The fourth-order valence-electron chi connectivity index (χ4n) is 8.91. The Morgan fingerprint density at radius 1 is 0.371 bits per heavy atom. The van der Waals surface area contributed by atoms with Crippen molar-refractivity contribution in [2.75, 3.05) is 0 Å². The van der Waals surface area contributed by atoms with Crippen LogP contribution in [0.5, 0.6) is 0 Å². The molecule has 0 radical (unpaired) electrons. The Bertz CT molecular complexity index is 3630. The third kappa shape index (κ3) is 6.51. The molecule has 0 saturated heterocycles. The second kappa shape index (κ2) is 15.1. The Hall–Kier alpha value is -7.73. The average molecular weight is 812 g/mol. The number of hydrogen-bond acceptors (Lipinski definition) is 5. The lowest BCUT2D eigenvalue weighted by atomic mass is 9.95. The molecule has 8 aromatic carbocycles. The number of benzene rings is 8. The monoisotopic (exact) mass is 811 g/mol. The molecule has 0 unspecified atom stereocenters. The van der Waals surface area contributed by atoms with E-state index in [1.807, 2.05) is 41.7 Å². The van der Waals surface area contributed by atoms with Crippen LogP contribution in [0.2, 0.25) is 0 Å². The second-order valence-corrected chi connectivity index (χ2v) is 16.9. The van der Waals surface area contributed by atoms with Gasteiger partial charge in [-0.1, -0.05) is 158 Å². The van der Waals surface area contributed by atoms with E-state index in [-0.39, 0.29) is 0 Å². The van der Waals surface area contributed by atoms with Gasteiger partial charge in [-0.05, 0) is 99.8 Å². The molecule has 0 saturated carbocycles. The lowest BCUT2D eigenvalue weighted by molar-refractivity contribution is 0.669. The van der Waals surface area contributed by atoms with E-state index in [2.05, 4.69) is 170 Å². The number of fused-ring (bicyclic) bond motifs is 6. The number of furan rings is 1. The summed E-state index contributed by atoms with van der Waals surface area (Å²) in [6.45, 7) is 0. The minimum Gasteiger partial charge on any atom is -0.456 e. The van der Waals surface area contributed by atoms with Crippen molar-refractivity contribution in [3.63, 3.8) is 0 Å². The minimum absolute atomic E-state index is 0.656. The first kappa shape index (κ1) is 36.1. The number of hydrogen-bond donors (Lipinski definition) is 0. The Morgan fingerprint density at radius 2 is 0.871 bits per heavy atom. The van der Waals surface area contributed by atoms with E-state index in [0.29, 0.717) is 11.6 Å². The first-order valence-corrected chi connectivity index (χ1v) is 21.9. The quantitative estimate of drug-likeness (QED) is 0.161. The van der Waals surface area contributed by atoms with Gasteiger partial charge in [-0.25, -0.2) is 15.0 Å². The summed E-state index contributed by atoms with van der Waals surface area (Å²) in [4.78, 5) is 15.7. The van der Waals surface area contributed by atoms with Crippen LogP contribution in [-0.4, -0.2) is 15.0 Å². The van der Waals surface area contributed by atoms with Gasteiger partial charge in [0, 0.05) is 47.3 Å². The molecule has 292 valence electrons. The van der Waals surface area contributed by atoms with Crippen LogP contribution in [0.3, 0.4) is 0 Å². The third-order valence-electron chi connectivity index (χ3n) is 12.0. The molecule has 3 heterocycles. The van der Waals surface area contributed by atoms with Crippen LogP contribution >= 0.6 is 11.3 Å². The lowest BCUT2D eigenvalue weighted by Crippen LogP contribution is -2.26. The van der Waals surface area contributed by atoms with Crippen molar-refractivity contribution in [2.45, 2.75) is 12.8 Å². The molecule has 1 aliphatic rings. The summed E-state index contributed by atoms with van der Waals surface area (Å²) in [5, 5.41) is 4.68. The number of rotatable bonds is 7. The van der Waals surface area contributed by atoms with Crippen LogP contribution in [0.4, 0.5) is 0 Å². The highest BCUT2D eigenvalue weighted by Gasteiger charge is 2.19. The average Bonchev–Trinajstić information content (AvgIpc) is 3.92. The van der Waals surface area contributed by atoms with Gasteiger partial charge in [0.1, 0.15) is 11.2 Å². The summed E-state index contributed by atoms with van der Waals surface area (Å²) in [7, 11) is 0. The fraction of sp³-hybridized carbons (Fsp3) is 0.0351. The maximum absolute atomic E-state index is 6.14. The molecule has 0 N–H and O–H groups in total. The van der Waals surface area contributed by atoms with Gasteiger partial charge in [0.05, 0.1) is 0 Å². The Kier molecular flexibility index (Phi) is 8.79. The number of aromatic nitrogens is 3. The highest BCUT2D eigenvalue weighted by atomic mass is 32.1. The summed E-state index contributed by atoms with van der Waals surface area (Å²) in [6, 6.07) is 68.6. The summed E-state index contributed by atoms with van der Waals surface area (Å²) in [5.74, 6) is 2.05. The fourth-order valence-corrected chi connectivity index (χ4v) is 10.1. The van der Waals surface area contributed by atoms with E-state index in [9.17, 15) is 0 Å². The summed E-state index contributed by atoms with van der Waals surface area (Å²) in [5.41, 5.74) is 14.2. The highest BCUT2D eigenvalue weighted by molar-refractivity contribution is 7.17. The topological polar surface area (TPSA) is 51.8 Å². The minimum atomic E-state index is 0.656. The van der Waals surface area contributed by atoms with Crippen molar-refractivity contribution in [1.29, 1.82) is 0 Å². The predicted octanol–water partition coefficient (Wildman–Crippen LogP) is 13.8. The van der Waals surface area contributed by atoms with E-state index in [4.69, 9.17) is 19.4 Å². The van der Waals surface area contributed by atoms with Gasteiger partial charge in [0.25, 0.3) is 0 Å². The summed E-state index contributed by atoms with van der Waals surface area (Å²) in [6.07, 6.45) is 4.15. The van der Waals surface area contributed by atoms with E-state index >= 15 is 0 Å². The van der Waals surface area contributed by atoms with Crippen molar-refractivity contribution in [3.05, 3.63) is 210 Å². The van der Waals surface area contributed by atoms with Gasteiger partial charge < -0.3 is 4.42 Å². The van der Waals surface area contributed by atoms with Crippen molar-refractivity contribution >= 4 is 55.0 Å². The molecule has 1 aliphatic carbocycles. The van der Waals surface area contributed by atoms with E-state index in [1.165, 1.54) is 53.2 Å². The molecule has 0 spiro atoms. The van der Waals surface area contributed by atoms with Crippen molar-refractivity contribution in [3.8, 4) is 67.3 Å². The Balaban J connectivity index is 0.966. The first-order valence-electron chi connectivity index (χ1n) is 21.0. The summed E-state index contributed by atoms with van der Waals surface area (Å²) >= 11 is 1.85. The molecule has 12 rings (SSSR count). The second-order valence-electron chi connectivity index (χ2n) is 15.9. The van der Waals surface area contributed by atoms with Crippen LogP contribution in [0.25, 0.3) is 111 Å². The molecule has 5 heteroatoms. The van der Waals surface area contributed by atoms with Crippen molar-refractivity contribution in [2.24, 2.45) is 0 Å². The third-order valence-corrected chi connectivity index (χ3v) is 13.2. The molecule has 0 bridgehead atoms. The number of nitrogens with zero attached hydrogens (tertiary/aromatic N) is 3. The smallest absolute Gasteiger partial charge is 0.164 e. The maximum Gasteiger partial charge on any atom is 0.164 e. The van der Waals surface area contributed by atoms with Gasteiger partial charge in [-0.3, -0.25) is 0 Å². The van der Waals surface area contributed by atoms with Crippen LogP contribution in [0.1, 0.15) is 18.7 Å². The lowest BCUT2D eigenvalue weighted by Gasteiger charge is -2.13. The molecule has 4 nitrogen and oxygen atoms in total.